The van der Waals surface area contributed by atoms with Gasteiger partial charge in [-0.05, 0) is 17.9 Å². The van der Waals surface area contributed by atoms with Gasteiger partial charge in [-0.3, -0.25) is 4.79 Å². The van der Waals surface area contributed by atoms with Gasteiger partial charge in [-0.25, -0.2) is 4.79 Å². The van der Waals surface area contributed by atoms with E-state index in [9.17, 15) is 9.59 Å². The molecule has 1 amide bonds. The van der Waals surface area contributed by atoms with Crippen molar-refractivity contribution in [3.8, 4) is 0 Å². The molecule has 0 aliphatic carbocycles. The van der Waals surface area contributed by atoms with Gasteiger partial charge in [0, 0.05) is 6.07 Å². The lowest BCUT2D eigenvalue weighted by Crippen LogP contribution is -2.14. The fraction of sp³-hybridized carbons (Fsp3) is 0.100. The molecule has 88 valence electrons. The number of aryl methyl sites for hydroxylation is 1. The number of carboxylic acids is 1. The second kappa shape index (κ2) is 4.38. The summed E-state index contributed by atoms with van der Waals surface area (Å²) in [6.07, 6.45) is 1.27. The molecule has 6 nitrogen and oxygen atoms in total. The normalized spacial score (nSPS) is 10.2. The SMILES string of the molecule is Cc1csc(C(=O)O)c1NC(=O)c1ccon1. The van der Waals surface area contributed by atoms with Gasteiger partial charge >= 0.3 is 5.97 Å². The Morgan fingerprint density at radius 2 is 2.29 bits per heavy atom. The fourth-order valence-electron chi connectivity index (χ4n) is 1.26. The summed E-state index contributed by atoms with van der Waals surface area (Å²) >= 11 is 1.07. The van der Waals surface area contributed by atoms with E-state index >= 15 is 0 Å². The van der Waals surface area contributed by atoms with Crippen LogP contribution in [0.1, 0.15) is 25.7 Å². The molecule has 0 spiro atoms. The summed E-state index contributed by atoms with van der Waals surface area (Å²) < 4.78 is 4.54. The predicted molar refractivity (Wildman–Crippen MR) is 60.5 cm³/mol. The van der Waals surface area contributed by atoms with Crippen molar-refractivity contribution in [1.29, 1.82) is 0 Å². The van der Waals surface area contributed by atoms with Gasteiger partial charge in [-0.15, -0.1) is 11.3 Å². The first-order chi connectivity index (χ1) is 8.09. The Balaban J connectivity index is 2.27. The van der Waals surface area contributed by atoms with Gasteiger partial charge in [-0.2, -0.15) is 0 Å². The summed E-state index contributed by atoms with van der Waals surface area (Å²) in [5, 5.41) is 16.6. The third-order valence-corrected chi connectivity index (χ3v) is 3.16. The van der Waals surface area contributed by atoms with E-state index < -0.39 is 11.9 Å². The van der Waals surface area contributed by atoms with Crippen LogP contribution in [0.4, 0.5) is 5.69 Å². The van der Waals surface area contributed by atoms with Crippen molar-refractivity contribution in [2.24, 2.45) is 0 Å². The maximum Gasteiger partial charge on any atom is 0.348 e. The molecule has 0 unspecified atom stereocenters. The number of nitrogens with one attached hydrogen (secondary N) is 1. The standard InChI is InChI=1S/C10H8N2O4S/c1-5-4-17-8(10(14)15)7(5)11-9(13)6-2-3-16-12-6/h2-4H,1H3,(H,11,13)(H,14,15). The zero-order chi connectivity index (χ0) is 12.4. The van der Waals surface area contributed by atoms with E-state index in [0.717, 1.165) is 11.3 Å². The molecule has 0 radical (unpaired) electrons. The van der Waals surface area contributed by atoms with Crippen LogP contribution in [0, 0.1) is 6.92 Å². The highest BCUT2D eigenvalue weighted by atomic mass is 32.1. The van der Waals surface area contributed by atoms with Crippen LogP contribution in [0.25, 0.3) is 0 Å². The monoisotopic (exact) mass is 252 g/mol. The molecule has 2 N–H and O–H groups in total. The topological polar surface area (TPSA) is 92.4 Å². The predicted octanol–water partition coefficient (Wildman–Crippen LogP) is 2.00. The van der Waals surface area contributed by atoms with Crippen LogP contribution in [-0.4, -0.2) is 22.1 Å². The number of carbonyl (C=O) groups excluding carboxylic acids is 1. The van der Waals surface area contributed by atoms with Gasteiger partial charge in [0.15, 0.2) is 5.69 Å². The zero-order valence-corrected chi connectivity index (χ0v) is 9.58. The molecule has 2 heterocycles. The van der Waals surface area contributed by atoms with E-state index in [0.29, 0.717) is 11.3 Å². The van der Waals surface area contributed by atoms with Crippen molar-refractivity contribution in [2.45, 2.75) is 6.92 Å². The van der Waals surface area contributed by atoms with Crippen molar-refractivity contribution >= 4 is 28.9 Å². The quantitative estimate of drug-likeness (QED) is 0.871. The molecule has 2 aromatic heterocycles. The first-order valence-electron chi connectivity index (χ1n) is 4.62. The molecule has 0 saturated heterocycles. The van der Waals surface area contributed by atoms with Gasteiger partial charge in [0.25, 0.3) is 5.91 Å². The number of hydrogen-bond acceptors (Lipinski definition) is 5. The minimum absolute atomic E-state index is 0.0966. The highest BCUT2D eigenvalue weighted by Gasteiger charge is 2.18. The van der Waals surface area contributed by atoms with Gasteiger partial charge < -0.3 is 14.9 Å². The number of thiophene rings is 1. The smallest absolute Gasteiger partial charge is 0.348 e. The van der Waals surface area contributed by atoms with Gasteiger partial charge in [0.1, 0.15) is 11.1 Å². The number of carbonyl (C=O) groups is 2. The van der Waals surface area contributed by atoms with Crippen LogP contribution < -0.4 is 5.32 Å². The zero-order valence-electron chi connectivity index (χ0n) is 8.76. The fourth-order valence-corrected chi connectivity index (χ4v) is 2.11. The third kappa shape index (κ3) is 2.18. The Hall–Kier alpha value is -2.15. The average molecular weight is 252 g/mol. The minimum atomic E-state index is -1.07. The molecule has 0 aliphatic rings. The van der Waals surface area contributed by atoms with Crippen molar-refractivity contribution in [3.05, 3.63) is 33.8 Å². The molecular weight excluding hydrogens is 244 g/mol. The second-order valence-corrected chi connectivity index (χ2v) is 4.15. The molecule has 0 saturated carbocycles. The number of anilines is 1. The maximum absolute atomic E-state index is 11.7. The Morgan fingerprint density at radius 3 is 2.88 bits per heavy atom. The molecular formula is C10H8N2O4S. The first kappa shape index (κ1) is 11.3. The van der Waals surface area contributed by atoms with Crippen molar-refractivity contribution in [3.63, 3.8) is 0 Å². The maximum atomic E-state index is 11.7. The lowest BCUT2D eigenvalue weighted by atomic mass is 10.2. The Morgan fingerprint density at radius 1 is 1.53 bits per heavy atom. The van der Waals surface area contributed by atoms with Crippen LogP contribution in [0.3, 0.4) is 0 Å². The molecule has 2 rings (SSSR count). The summed E-state index contributed by atoms with van der Waals surface area (Å²) in [4.78, 5) is 22.7. The average Bonchev–Trinajstić information content (AvgIpc) is 2.89. The van der Waals surface area contributed by atoms with Crippen LogP contribution in [-0.2, 0) is 0 Å². The summed E-state index contributed by atoms with van der Waals surface area (Å²) in [6, 6.07) is 1.40. The minimum Gasteiger partial charge on any atom is -0.477 e. The third-order valence-electron chi connectivity index (χ3n) is 2.08. The highest BCUT2D eigenvalue weighted by molar-refractivity contribution is 7.12. The van der Waals surface area contributed by atoms with Crippen LogP contribution in [0.2, 0.25) is 0 Å². The number of aromatic nitrogens is 1. The molecule has 0 aliphatic heterocycles. The molecule has 0 fully saturated rings. The lowest BCUT2D eigenvalue weighted by molar-refractivity contribution is 0.0703. The summed E-state index contributed by atoms with van der Waals surface area (Å²) in [5.74, 6) is -1.57. The van der Waals surface area contributed by atoms with Crippen molar-refractivity contribution in [2.75, 3.05) is 5.32 Å². The van der Waals surface area contributed by atoms with Crippen LogP contribution in [0.5, 0.6) is 0 Å². The number of aromatic carboxylic acids is 1. The van der Waals surface area contributed by atoms with E-state index in [1.807, 2.05) is 0 Å². The molecule has 0 atom stereocenters. The lowest BCUT2D eigenvalue weighted by Gasteiger charge is -2.03. The van der Waals surface area contributed by atoms with Crippen LogP contribution >= 0.6 is 11.3 Å². The molecule has 7 heteroatoms. The highest BCUT2D eigenvalue weighted by Crippen LogP contribution is 2.27. The second-order valence-electron chi connectivity index (χ2n) is 3.27. The molecule has 2 aromatic rings. The van der Waals surface area contributed by atoms with E-state index in [2.05, 4.69) is 15.0 Å². The van der Waals surface area contributed by atoms with Crippen molar-refractivity contribution in [1.82, 2.24) is 5.16 Å². The summed E-state index contributed by atoms with van der Waals surface area (Å²) in [5.41, 5.74) is 1.10. The number of carboxylic acid groups (broad SMARTS) is 1. The Kier molecular flexibility index (Phi) is 2.92. The van der Waals surface area contributed by atoms with E-state index in [1.165, 1.54) is 12.3 Å². The Bertz CT molecular complexity index is 559. The molecule has 0 bridgehead atoms. The van der Waals surface area contributed by atoms with E-state index in [4.69, 9.17) is 5.11 Å². The largest absolute Gasteiger partial charge is 0.477 e. The summed E-state index contributed by atoms with van der Waals surface area (Å²) in [7, 11) is 0. The number of rotatable bonds is 3. The van der Waals surface area contributed by atoms with Gasteiger partial charge in [0.05, 0.1) is 5.69 Å². The number of amides is 1. The first-order valence-corrected chi connectivity index (χ1v) is 5.50. The number of nitrogens with zero attached hydrogens (tertiary/aromatic N) is 1. The van der Waals surface area contributed by atoms with E-state index in [-0.39, 0.29) is 10.6 Å². The van der Waals surface area contributed by atoms with Gasteiger partial charge in [-0.1, -0.05) is 5.16 Å². The molecule has 0 aromatic carbocycles. The van der Waals surface area contributed by atoms with E-state index in [1.54, 1.807) is 12.3 Å². The van der Waals surface area contributed by atoms with Crippen molar-refractivity contribution < 1.29 is 19.2 Å². The molecule has 17 heavy (non-hydrogen) atoms. The Labute approximate surface area is 99.9 Å². The summed E-state index contributed by atoms with van der Waals surface area (Å²) in [6.45, 7) is 1.72. The number of hydrogen-bond donors (Lipinski definition) is 2. The van der Waals surface area contributed by atoms with Gasteiger partial charge in [0.2, 0.25) is 0 Å². The van der Waals surface area contributed by atoms with Crippen LogP contribution in [0.15, 0.2) is 22.2 Å².